The monoisotopic (exact) mass is 515 g/mol. The average molecular weight is 516 g/mol. The third-order valence-corrected chi connectivity index (χ3v) is 7.21. The minimum absolute atomic E-state index is 0.0243. The van der Waals surface area contributed by atoms with Crippen molar-refractivity contribution in [2.24, 2.45) is 5.92 Å². The second-order valence-corrected chi connectivity index (χ2v) is 10.1. The number of allylic oxidation sites excluding steroid dienone is 8. The number of aromatic nitrogens is 1. The molecule has 0 saturated heterocycles. The lowest BCUT2D eigenvalue weighted by Crippen LogP contribution is -2.22. The molecule has 1 fully saturated rings. The minimum Gasteiger partial charge on any atom is -0.354 e. The average Bonchev–Trinajstić information content (AvgIpc) is 3.55. The van der Waals surface area contributed by atoms with E-state index in [1.807, 2.05) is 44.2 Å². The van der Waals surface area contributed by atoms with E-state index in [1.54, 1.807) is 24.3 Å². The first kappa shape index (κ1) is 27.4. The number of hydrogen-bond acceptors (Lipinski definition) is 4. The molecule has 1 aromatic carbocycles. The highest BCUT2D eigenvalue weighted by atomic mass is 16.1. The fraction of sp³-hybridized carbons (Fsp3) is 0.206. The molecule has 0 bridgehead atoms. The molecule has 0 spiro atoms. The van der Waals surface area contributed by atoms with Gasteiger partial charge >= 0.3 is 0 Å². The molecule has 1 saturated carbocycles. The van der Waals surface area contributed by atoms with Crippen LogP contribution in [0.5, 0.6) is 0 Å². The molecule has 0 amide bonds. The van der Waals surface area contributed by atoms with Crippen LogP contribution in [0, 0.1) is 16.7 Å². The van der Waals surface area contributed by atoms with Gasteiger partial charge in [0.25, 0.3) is 0 Å². The number of benzene rings is 1. The summed E-state index contributed by atoms with van der Waals surface area (Å²) in [7, 11) is 0. The number of nitrogens with one attached hydrogen (secondary N) is 3. The summed E-state index contributed by atoms with van der Waals surface area (Å²) in [5, 5.41) is 16.7. The number of ketones is 2. The third-order valence-electron chi connectivity index (χ3n) is 7.21. The first-order valence-electron chi connectivity index (χ1n) is 13.1. The van der Waals surface area contributed by atoms with Gasteiger partial charge in [0.15, 0.2) is 5.78 Å². The second-order valence-electron chi connectivity index (χ2n) is 10.1. The molecule has 39 heavy (non-hydrogen) atoms. The van der Waals surface area contributed by atoms with Gasteiger partial charge in [-0.3, -0.25) is 15.0 Å². The summed E-state index contributed by atoms with van der Waals surface area (Å²) in [6.45, 7) is 11.2. The first-order chi connectivity index (χ1) is 18.7. The number of carbonyl (C=O) groups excluding carboxylic acids is 2. The molecule has 4 rings (SSSR count). The molecule has 196 valence electrons. The number of aromatic amines is 1. The van der Waals surface area contributed by atoms with Crippen LogP contribution in [0.4, 0.5) is 0 Å². The maximum Gasteiger partial charge on any atom is 0.207 e. The van der Waals surface area contributed by atoms with Crippen molar-refractivity contribution in [3.05, 3.63) is 113 Å². The lowest BCUT2D eigenvalue weighted by Gasteiger charge is -2.16. The molecule has 5 heteroatoms. The van der Waals surface area contributed by atoms with Crippen molar-refractivity contribution in [2.45, 2.75) is 39.5 Å². The zero-order valence-electron chi connectivity index (χ0n) is 22.5. The number of fused-ring (bicyclic) bond motifs is 1. The van der Waals surface area contributed by atoms with Crippen molar-refractivity contribution in [1.29, 1.82) is 10.8 Å². The summed E-state index contributed by atoms with van der Waals surface area (Å²) in [5.41, 5.74) is 9.65. The van der Waals surface area contributed by atoms with Crippen LogP contribution in [0.15, 0.2) is 95.8 Å². The van der Waals surface area contributed by atoms with Crippen molar-refractivity contribution < 1.29 is 9.59 Å². The lowest BCUT2D eigenvalue weighted by molar-refractivity contribution is -0.110. The van der Waals surface area contributed by atoms with Crippen molar-refractivity contribution in [2.75, 3.05) is 0 Å². The third kappa shape index (κ3) is 6.28. The van der Waals surface area contributed by atoms with E-state index in [-0.39, 0.29) is 23.1 Å². The fourth-order valence-corrected chi connectivity index (χ4v) is 4.69. The highest BCUT2D eigenvalue weighted by Crippen LogP contribution is 2.29. The molecule has 1 atom stereocenters. The van der Waals surface area contributed by atoms with E-state index >= 15 is 0 Å². The van der Waals surface area contributed by atoms with E-state index in [0.717, 1.165) is 53.8 Å². The minimum atomic E-state index is -0.469. The molecule has 2 aliphatic rings. The molecule has 2 aliphatic carbocycles. The van der Waals surface area contributed by atoms with Crippen LogP contribution < -0.4 is 0 Å². The normalized spacial score (nSPS) is 15.2. The van der Waals surface area contributed by atoms with E-state index in [1.165, 1.54) is 17.7 Å². The SMILES string of the molecule is C=CC(=N)/C=C(/C(=O)C(=N)C1=Cc2cc(-c3cccc(C(=O)C=C4CCCC4)c3)[nH]c2C=C=C1)C(C)C(=C)C. The van der Waals surface area contributed by atoms with Gasteiger partial charge in [-0.15, -0.1) is 5.73 Å². The van der Waals surface area contributed by atoms with Crippen LogP contribution in [-0.4, -0.2) is 28.0 Å². The Bertz CT molecular complexity index is 1560. The lowest BCUT2D eigenvalue weighted by atomic mass is 9.87. The van der Waals surface area contributed by atoms with Crippen molar-refractivity contribution in [3.63, 3.8) is 0 Å². The van der Waals surface area contributed by atoms with Gasteiger partial charge in [-0.1, -0.05) is 49.4 Å². The number of carbonyl (C=O) groups is 2. The second kappa shape index (κ2) is 11.8. The molecule has 3 N–H and O–H groups in total. The fourth-order valence-electron chi connectivity index (χ4n) is 4.69. The molecular formula is C34H33N3O2. The van der Waals surface area contributed by atoms with Gasteiger partial charge < -0.3 is 10.4 Å². The topological polar surface area (TPSA) is 97.6 Å². The Hall–Kier alpha value is -4.60. The largest absolute Gasteiger partial charge is 0.354 e. The Morgan fingerprint density at radius 3 is 2.56 bits per heavy atom. The Morgan fingerprint density at radius 1 is 1.13 bits per heavy atom. The zero-order chi connectivity index (χ0) is 28.1. The molecule has 1 unspecified atom stereocenters. The Balaban J connectivity index is 1.64. The number of rotatable bonds is 10. The van der Waals surface area contributed by atoms with Crippen LogP contribution in [0.1, 0.15) is 61.1 Å². The molecule has 5 nitrogen and oxygen atoms in total. The molecule has 0 radical (unpaired) electrons. The smallest absolute Gasteiger partial charge is 0.207 e. The van der Waals surface area contributed by atoms with Crippen LogP contribution in [0.2, 0.25) is 0 Å². The summed E-state index contributed by atoms with van der Waals surface area (Å²) in [5.74, 6) is -0.766. The Morgan fingerprint density at radius 2 is 1.87 bits per heavy atom. The van der Waals surface area contributed by atoms with Crippen LogP contribution >= 0.6 is 0 Å². The number of hydrogen-bond donors (Lipinski definition) is 3. The zero-order valence-corrected chi connectivity index (χ0v) is 22.5. The number of Topliss-reactive ketones (excluding diaryl/α,β-unsaturated/α-hetero) is 1. The van der Waals surface area contributed by atoms with Gasteiger partial charge in [-0.05, 0) is 80.7 Å². The molecule has 1 aromatic heterocycles. The molecular weight excluding hydrogens is 482 g/mol. The van der Waals surface area contributed by atoms with Gasteiger partial charge in [0.1, 0.15) is 5.71 Å². The highest BCUT2D eigenvalue weighted by molar-refractivity contribution is 6.52. The van der Waals surface area contributed by atoms with Crippen LogP contribution in [0.3, 0.4) is 0 Å². The van der Waals surface area contributed by atoms with Crippen LogP contribution in [-0.2, 0) is 4.79 Å². The Labute approximate surface area is 229 Å². The van der Waals surface area contributed by atoms with Crippen LogP contribution in [0.25, 0.3) is 23.4 Å². The van der Waals surface area contributed by atoms with Crippen molar-refractivity contribution >= 4 is 35.1 Å². The van der Waals surface area contributed by atoms with E-state index < -0.39 is 5.78 Å². The maximum absolute atomic E-state index is 13.4. The van der Waals surface area contributed by atoms with Crippen molar-refractivity contribution in [1.82, 2.24) is 4.98 Å². The van der Waals surface area contributed by atoms with Gasteiger partial charge in [0.05, 0.1) is 11.4 Å². The molecule has 0 aliphatic heterocycles. The summed E-state index contributed by atoms with van der Waals surface area (Å²) in [4.78, 5) is 29.6. The van der Waals surface area contributed by atoms with Gasteiger partial charge in [0, 0.05) is 40.0 Å². The predicted octanol–water partition coefficient (Wildman–Crippen LogP) is 7.86. The van der Waals surface area contributed by atoms with Gasteiger partial charge in [0.2, 0.25) is 5.78 Å². The molecule has 1 heterocycles. The maximum atomic E-state index is 13.4. The van der Waals surface area contributed by atoms with E-state index in [2.05, 4.69) is 23.9 Å². The summed E-state index contributed by atoms with van der Waals surface area (Å²) < 4.78 is 0. The van der Waals surface area contributed by atoms with Crippen molar-refractivity contribution in [3.8, 4) is 11.3 Å². The summed E-state index contributed by atoms with van der Waals surface area (Å²) in [6.07, 6.45) is 14.1. The Kier molecular flexibility index (Phi) is 8.33. The standard InChI is InChI=1S/C34H33N3O2/c1-5-28(35)20-29(22(4)21(2)3)34(39)33(36)26-14-9-15-30-27(18-26)19-31(37-30)24-12-8-13-25(17-24)32(38)16-23-10-6-7-11-23/h5,8,12-20,22,35-37H,1-2,6-7,10-11H2,3-4H3/b29-20+,35-28?,36-33?. The highest BCUT2D eigenvalue weighted by Gasteiger charge is 2.24. The quantitative estimate of drug-likeness (QED) is 0.0986. The van der Waals surface area contributed by atoms with E-state index in [0.29, 0.717) is 16.7 Å². The molecule has 2 aromatic rings. The van der Waals surface area contributed by atoms with Gasteiger partial charge in [-0.25, -0.2) is 0 Å². The van der Waals surface area contributed by atoms with E-state index in [9.17, 15) is 9.59 Å². The van der Waals surface area contributed by atoms with Gasteiger partial charge in [-0.2, -0.15) is 0 Å². The van der Waals surface area contributed by atoms with E-state index in [4.69, 9.17) is 10.8 Å². The summed E-state index contributed by atoms with van der Waals surface area (Å²) in [6, 6.07) is 9.50. The predicted molar refractivity (Wildman–Crippen MR) is 160 cm³/mol. The summed E-state index contributed by atoms with van der Waals surface area (Å²) >= 11 is 0. The first-order valence-corrected chi connectivity index (χ1v) is 13.1. The number of H-pyrrole nitrogens is 1.